The van der Waals surface area contributed by atoms with Crippen molar-refractivity contribution in [3.8, 4) is 0 Å². The molecule has 1 heterocycles. The van der Waals surface area contributed by atoms with Gasteiger partial charge in [0.1, 0.15) is 5.82 Å². The molecule has 1 aromatic heterocycles. The third-order valence-corrected chi connectivity index (χ3v) is 4.35. The minimum atomic E-state index is -0.0962. The van der Waals surface area contributed by atoms with Gasteiger partial charge in [0.15, 0.2) is 0 Å². The molecule has 1 aliphatic carbocycles. The van der Waals surface area contributed by atoms with Gasteiger partial charge in [-0.2, -0.15) is 0 Å². The Kier molecular flexibility index (Phi) is 5.85. The third kappa shape index (κ3) is 4.60. The molecule has 2 unspecified atom stereocenters. The number of carbonyl (C=O) groups excluding carboxylic acids is 1. The quantitative estimate of drug-likeness (QED) is 0.830. The summed E-state index contributed by atoms with van der Waals surface area (Å²) in [6.07, 6.45) is 7.25. The topological polar surface area (TPSA) is 54.0 Å². The van der Waals surface area contributed by atoms with Crippen LogP contribution in [0.3, 0.4) is 0 Å². The van der Waals surface area contributed by atoms with Crippen LogP contribution in [-0.2, 0) is 0 Å². The Labute approximate surface area is 131 Å². The zero-order chi connectivity index (χ0) is 15.2. The molecule has 5 heteroatoms. The third-order valence-electron chi connectivity index (χ3n) is 4.05. The SMILES string of the molecule is CCNc1cc(C(=O)NC2CCCC(C)CC2)c(Cl)cn1. The van der Waals surface area contributed by atoms with Gasteiger partial charge in [-0.15, -0.1) is 0 Å². The molecule has 0 bridgehead atoms. The lowest BCUT2D eigenvalue weighted by Crippen LogP contribution is -2.34. The fourth-order valence-corrected chi connectivity index (χ4v) is 2.97. The number of nitrogens with one attached hydrogen (secondary N) is 2. The highest BCUT2D eigenvalue weighted by molar-refractivity contribution is 6.33. The summed E-state index contributed by atoms with van der Waals surface area (Å²) in [6, 6.07) is 1.98. The smallest absolute Gasteiger partial charge is 0.253 e. The van der Waals surface area contributed by atoms with Crippen LogP contribution in [0.4, 0.5) is 5.82 Å². The lowest BCUT2D eigenvalue weighted by atomic mass is 10.0. The van der Waals surface area contributed by atoms with E-state index < -0.39 is 0 Å². The largest absolute Gasteiger partial charge is 0.370 e. The van der Waals surface area contributed by atoms with E-state index in [0.29, 0.717) is 16.4 Å². The number of hydrogen-bond acceptors (Lipinski definition) is 3. The highest BCUT2D eigenvalue weighted by Crippen LogP contribution is 2.24. The average Bonchev–Trinajstić information content (AvgIpc) is 2.66. The number of carbonyl (C=O) groups is 1. The number of hydrogen-bond donors (Lipinski definition) is 2. The molecule has 1 aromatic rings. The second-order valence-corrected chi connectivity index (χ2v) is 6.27. The van der Waals surface area contributed by atoms with E-state index in [4.69, 9.17) is 11.6 Å². The molecule has 21 heavy (non-hydrogen) atoms. The number of amides is 1. The first-order valence-corrected chi connectivity index (χ1v) is 8.18. The van der Waals surface area contributed by atoms with Crippen LogP contribution in [0.5, 0.6) is 0 Å². The van der Waals surface area contributed by atoms with E-state index in [1.807, 2.05) is 6.92 Å². The van der Waals surface area contributed by atoms with Crippen LogP contribution in [0.15, 0.2) is 12.3 Å². The fraction of sp³-hybridized carbons (Fsp3) is 0.625. The van der Waals surface area contributed by atoms with Gasteiger partial charge in [-0.05, 0) is 38.2 Å². The molecule has 116 valence electrons. The number of halogens is 1. The van der Waals surface area contributed by atoms with Gasteiger partial charge < -0.3 is 10.6 Å². The van der Waals surface area contributed by atoms with Gasteiger partial charge >= 0.3 is 0 Å². The average molecular weight is 310 g/mol. The Balaban J connectivity index is 2.03. The second kappa shape index (κ2) is 7.64. The molecule has 1 amide bonds. The number of nitrogens with zero attached hydrogens (tertiary/aromatic N) is 1. The maximum atomic E-state index is 12.4. The van der Waals surface area contributed by atoms with Crippen molar-refractivity contribution in [2.45, 2.75) is 52.0 Å². The van der Waals surface area contributed by atoms with Crippen molar-refractivity contribution in [3.63, 3.8) is 0 Å². The molecular weight excluding hydrogens is 286 g/mol. The molecule has 1 fully saturated rings. The van der Waals surface area contributed by atoms with E-state index in [0.717, 1.165) is 25.3 Å². The van der Waals surface area contributed by atoms with Crippen LogP contribution in [0, 0.1) is 5.92 Å². The number of aromatic nitrogens is 1. The molecule has 0 radical (unpaired) electrons. The fourth-order valence-electron chi connectivity index (χ4n) is 2.79. The van der Waals surface area contributed by atoms with Crippen molar-refractivity contribution in [1.82, 2.24) is 10.3 Å². The first-order valence-electron chi connectivity index (χ1n) is 7.80. The molecule has 0 saturated heterocycles. The molecule has 0 spiro atoms. The van der Waals surface area contributed by atoms with E-state index in [9.17, 15) is 4.79 Å². The van der Waals surface area contributed by atoms with E-state index in [1.54, 1.807) is 6.07 Å². The van der Waals surface area contributed by atoms with Crippen LogP contribution < -0.4 is 10.6 Å². The molecular formula is C16H24ClN3O. The van der Waals surface area contributed by atoms with Gasteiger partial charge in [0, 0.05) is 18.8 Å². The molecule has 2 atom stereocenters. The van der Waals surface area contributed by atoms with E-state index >= 15 is 0 Å². The molecule has 1 saturated carbocycles. The predicted molar refractivity (Wildman–Crippen MR) is 86.9 cm³/mol. The Hall–Kier alpha value is -1.29. The highest BCUT2D eigenvalue weighted by atomic mass is 35.5. The van der Waals surface area contributed by atoms with Crippen LogP contribution in [-0.4, -0.2) is 23.5 Å². The monoisotopic (exact) mass is 309 g/mol. The van der Waals surface area contributed by atoms with Crippen molar-refractivity contribution < 1.29 is 4.79 Å². The predicted octanol–water partition coefficient (Wildman–Crippen LogP) is 3.87. The molecule has 2 rings (SSSR count). The number of rotatable bonds is 4. The summed E-state index contributed by atoms with van der Waals surface area (Å²) in [7, 11) is 0. The first-order chi connectivity index (χ1) is 10.1. The summed E-state index contributed by atoms with van der Waals surface area (Å²) in [6.45, 7) is 5.03. The summed E-state index contributed by atoms with van der Waals surface area (Å²) >= 11 is 6.11. The zero-order valence-electron chi connectivity index (χ0n) is 12.8. The Morgan fingerprint density at radius 1 is 1.38 bits per heavy atom. The molecule has 0 aliphatic heterocycles. The molecule has 0 aromatic carbocycles. The summed E-state index contributed by atoms with van der Waals surface area (Å²) in [5.41, 5.74) is 0.500. The van der Waals surface area contributed by atoms with Gasteiger partial charge in [-0.3, -0.25) is 4.79 Å². The summed E-state index contributed by atoms with van der Waals surface area (Å²) in [5.74, 6) is 1.35. The van der Waals surface area contributed by atoms with Crippen LogP contribution in [0.1, 0.15) is 56.3 Å². The standard InChI is InChI=1S/C16H24ClN3O/c1-3-18-15-9-13(14(17)10-19-15)16(21)20-12-6-4-5-11(2)7-8-12/h9-12H,3-8H2,1-2H3,(H,18,19)(H,20,21). The molecule has 2 N–H and O–H groups in total. The number of anilines is 1. The van der Waals surface area contributed by atoms with E-state index in [-0.39, 0.29) is 11.9 Å². The number of pyridine rings is 1. The second-order valence-electron chi connectivity index (χ2n) is 5.86. The summed E-state index contributed by atoms with van der Waals surface area (Å²) < 4.78 is 0. The lowest BCUT2D eigenvalue weighted by molar-refractivity contribution is 0.0933. The maximum absolute atomic E-state index is 12.4. The Bertz CT molecular complexity index is 492. The first kappa shape index (κ1) is 16.1. The van der Waals surface area contributed by atoms with Crippen molar-refractivity contribution in [1.29, 1.82) is 0 Å². The Morgan fingerprint density at radius 2 is 2.19 bits per heavy atom. The van der Waals surface area contributed by atoms with Gasteiger partial charge in [0.25, 0.3) is 5.91 Å². The maximum Gasteiger partial charge on any atom is 0.253 e. The van der Waals surface area contributed by atoms with Gasteiger partial charge in [-0.25, -0.2) is 4.98 Å². The highest BCUT2D eigenvalue weighted by Gasteiger charge is 2.20. The summed E-state index contributed by atoms with van der Waals surface area (Å²) in [4.78, 5) is 16.6. The lowest BCUT2D eigenvalue weighted by Gasteiger charge is -2.17. The van der Waals surface area contributed by atoms with E-state index in [2.05, 4.69) is 22.5 Å². The van der Waals surface area contributed by atoms with Crippen LogP contribution in [0.2, 0.25) is 5.02 Å². The van der Waals surface area contributed by atoms with Crippen LogP contribution in [0.25, 0.3) is 0 Å². The summed E-state index contributed by atoms with van der Waals surface area (Å²) in [5, 5.41) is 6.63. The van der Waals surface area contributed by atoms with Gasteiger partial charge in [-0.1, -0.05) is 31.4 Å². The minimum absolute atomic E-state index is 0.0962. The minimum Gasteiger partial charge on any atom is -0.370 e. The van der Waals surface area contributed by atoms with E-state index in [1.165, 1.54) is 25.5 Å². The van der Waals surface area contributed by atoms with Crippen molar-refractivity contribution in [2.24, 2.45) is 5.92 Å². The molecule has 4 nitrogen and oxygen atoms in total. The van der Waals surface area contributed by atoms with Gasteiger partial charge in [0.05, 0.1) is 10.6 Å². The van der Waals surface area contributed by atoms with Gasteiger partial charge in [0.2, 0.25) is 0 Å². The molecule has 1 aliphatic rings. The normalized spacial score (nSPS) is 22.4. The zero-order valence-corrected chi connectivity index (χ0v) is 13.5. The van der Waals surface area contributed by atoms with Crippen LogP contribution >= 0.6 is 11.6 Å². The van der Waals surface area contributed by atoms with Crippen molar-refractivity contribution in [3.05, 3.63) is 22.8 Å². The Morgan fingerprint density at radius 3 is 2.95 bits per heavy atom. The van der Waals surface area contributed by atoms with Crippen molar-refractivity contribution >= 4 is 23.3 Å². The van der Waals surface area contributed by atoms with Crippen molar-refractivity contribution in [2.75, 3.05) is 11.9 Å².